The van der Waals surface area contributed by atoms with Crippen molar-refractivity contribution in [3.63, 3.8) is 0 Å². The summed E-state index contributed by atoms with van der Waals surface area (Å²) in [5.41, 5.74) is 0. The van der Waals surface area contributed by atoms with Crippen LogP contribution < -0.4 is 0 Å². The van der Waals surface area contributed by atoms with Gasteiger partial charge in [0.2, 0.25) is 0 Å². The fraction of sp³-hybridized carbons (Fsp3) is 0. The van der Waals surface area contributed by atoms with Gasteiger partial charge in [-0.15, -0.1) is 0 Å². The molecule has 0 amide bonds. The van der Waals surface area contributed by atoms with Gasteiger partial charge in [-0.25, -0.2) is 0 Å². The van der Waals surface area contributed by atoms with Gasteiger partial charge in [0.15, 0.2) is 0 Å². The zero-order valence-electron chi connectivity index (χ0n) is 7.32. The second kappa shape index (κ2) is 4.10. The number of benzene rings is 1. The predicted octanol–water partition coefficient (Wildman–Crippen LogP) is 0.490. The number of phenolic OH excluding ortho intramolecular Hbond substituents is 1. The van der Waals surface area contributed by atoms with Crippen LogP contribution in [0, 0.1) is 3.57 Å². The fourth-order valence-electron chi connectivity index (χ4n) is 0.896. The fourth-order valence-corrected chi connectivity index (χ4v) is 3.15. The van der Waals surface area contributed by atoms with E-state index in [2.05, 4.69) is 0 Å². The van der Waals surface area contributed by atoms with Crippen LogP contribution in [-0.2, 0) is 20.2 Å². The van der Waals surface area contributed by atoms with Crippen molar-refractivity contribution in [3.05, 3.63) is 15.7 Å². The Morgan fingerprint density at radius 2 is 1.50 bits per heavy atom. The van der Waals surface area contributed by atoms with E-state index in [1.54, 1.807) is 0 Å². The maximum atomic E-state index is 10.8. The minimum Gasteiger partial charge on any atom is -0.505 e. The highest BCUT2D eigenvalue weighted by Crippen LogP contribution is 2.31. The van der Waals surface area contributed by atoms with E-state index in [0.717, 1.165) is 6.07 Å². The van der Waals surface area contributed by atoms with Gasteiger partial charge in [0, 0.05) is 0 Å². The summed E-state index contributed by atoms with van der Waals surface area (Å²) in [6, 6.07) is 1.32. The minimum absolute atomic E-state index is 0.139. The lowest BCUT2D eigenvalue weighted by atomic mass is 10.3. The number of halogens is 1. The molecule has 1 aromatic rings. The first-order chi connectivity index (χ1) is 7.03. The molecule has 1 aromatic carbocycles. The maximum Gasteiger partial charge on any atom is 0.298 e. The average molecular weight is 380 g/mol. The van der Waals surface area contributed by atoms with Gasteiger partial charge < -0.3 is 5.11 Å². The van der Waals surface area contributed by atoms with Crippen molar-refractivity contribution in [2.75, 3.05) is 0 Å². The molecule has 0 aliphatic rings. The van der Waals surface area contributed by atoms with E-state index < -0.39 is 35.8 Å². The van der Waals surface area contributed by atoms with Crippen LogP contribution in [0.1, 0.15) is 0 Å². The molecule has 90 valence electrons. The van der Waals surface area contributed by atoms with E-state index in [1.807, 2.05) is 0 Å². The minimum atomic E-state index is -4.77. The van der Waals surface area contributed by atoms with Crippen LogP contribution in [-0.4, -0.2) is 31.0 Å². The second-order valence-electron chi connectivity index (χ2n) is 2.70. The van der Waals surface area contributed by atoms with E-state index in [9.17, 15) is 21.9 Å². The lowest BCUT2D eigenvalue weighted by Crippen LogP contribution is -2.04. The summed E-state index contributed by atoms with van der Waals surface area (Å²) in [5, 5.41) is 9.30. The van der Waals surface area contributed by atoms with Crippen LogP contribution in [0.15, 0.2) is 21.9 Å². The molecule has 7 nitrogen and oxygen atoms in total. The molecule has 0 aliphatic heterocycles. The SMILES string of the molecule is O=S(=O)(O)c1cc(I)c(O)c(S(=O)(=O)O)c1. The zero-order chi connectivity index (χ0) is 12.7. The van der Waals surface area contributed by atoms with Crippen LogP contribution in [0.5, 0.6) is 5.75 Å². The molecular formula is C6H5IO7S2. The highest BCUT2D eigenvalue weighted by Gasteiger charge is 2.22. The van der Waals surface area contributed by atoms with Crippen LogP contribution in [0.4, 0.5) is 0 Å². The van der Waals surface area contributed by atoms with Crippen molar-refractivity contribution in [2.45, 2.75) is 9.79 Å². The Kier molecular flexibility index (Phi) is 3.50. The highest BCUT2D eigenvalue weighted by atomic mass is 127. The van der Waals surface area contributed by atoms with Crippen LogP contribution in [0.3, 0.4) is 0 Å². The van der Waals surface area contributed by atoms with Crippen molar-refractivity contribution in [2.24, 2.45) is 0 Å². The topological polar surface area (TPSA) is 129 Å². The van der Waals surface area contributed by atoms with E-state index in [1.165, 1.54) is 22.6 Å². The number of phenols is 1. The monoisotopic (exact) mass is 380 g/mol. The molecule has 0 aromatic heterocycles. The Hall–Kier alpha value is -0.430. The van der Waals surface area contributed by atoms with Crippen molar-refractivity contribution >= 4 is 42.8 Å². The Balaban J connectivity index is 3.72. The first-order valence-electron chi connectivity index (χ1n) is 3.51. The molecule has 0 saturated heterocycles. The quantitative estimate of drug-likeness (QED) is 0.503. The zero-order valence-corrected chi connectivity index (χ0v) is 11.1. The molecule has 10 heteroatoms. The summed E-state index contributed by atoms with van der Waals surface area (Å²) in [5.74, 6) is -0.782. The predicted molar refractivity (Wildman–Crippen MR) is 60.5 cm³/mol. The van der Waals surface area contributed by atoms with Gasteiger partial charge in [-0.1, -0.05) is 0 Å². The van der Waals surface area contributed by atoms with Gasteiger partial charge in [-0.3, -0.25) is 9.11 Å². The van der Waals surface area contributed by atoms with Crippen LogP contribution in [0.25, 0.3) is 0 Å². The van der Waals surface area contributed by atoms with Gasteiger partial charge >= 0.3 is 0 Å². The largest absolute Gasteiger partial charge is 0.505 e. The van der Waals surface area contributed by atoms with E-state index in [4.69, 9.17) is 9.11 Å². The molecule has 0 saturated carbocycles. The highest BCUT2D eigenvalue weighted by molar-refractivity contribution is 14.1. The third-order valence-electron chi connectivity index (χ3n) is 1.58. The molecule has 0 bridgehead atoms. The van der Waals surface area contributed by atoms with E-state index in [-0.39, 0.29) is 3.57 Å². The Morgan fingerprint density at radius 1 is 1.00 bits per heavy atom. The number of hydrogen-bond acceptors (Lipinski definition) is 5. The van der Waals surface area contributed by atoms with Gasteiger partial charge in [0.1, 0.15) is 10.6 Å². The maximum absolute atomic E-state index is 10.8. The van der Waals surface area contributed by atoms with Gasteiger partial charge in [0.05, 0.1) is 8.47 Å². The van der Waals surface area contributed by atoms with Gasteiger partial charge in [0.25, 0.3) is 20.2 Å². The molecule has 0 fully saturated rings. The number of aromatic hydroxyl groups is 1. The molecule has 0 radical (unpaired) electrons. The summed E-state index contributed by atoms with van der Waals surface area (Å²) < 4.78 is 60.4. The molecule has 16 heavy (non-hydrogen) atoms. The number of rotatable bonds is 2. The first kappa shape index (κ1) is 13.6. The second-order valence-corrected chi connectivity index (χ2v) is 6.68. The smallest absolute Gasteiger partial charge is 0.298 e. The summed E-state index contributed by atoms with van der Waals surface area (Å²) in [6.07, 6.45) is 0. The summed E-state index contributed by atoms with van der Waals surface area (Å²) in [7, 11) is -9.39. The van der Waals surface area contributed by atoms with Crippen LogP contribution in [0.2, 0.25) is 0 Å². The molecule has 0 atom stereocenters. The molecule has 0 unspecified atom stereocenters. The van der Waals surface area contributed by atoms with Crippen molar-refractivity contribution < 1.29 is 31.0 Å². The van der Waals surface area contributed by atoms with Crippen molar-refractivity contribution in [1.82, 2.24) is 0 Å². The first-order valence-corrected chi connectivity index (χ1v) is 7.47. The molecule has 3 N–H and O–H groups in total. The van der Waals surface area contributed by atoms with Gasteiger partial charge in [-0.2, -0.15) is 16.8 Å². The lowest BCUT2D eigenvalue weighted by Gasteiger charge is -2.05. The number of hydrogen-bond donors (Lipinski definition) is 3. The summed E-state index contributed by atoms with van der Waals surface area (Å²) >= 11 is 1.45. The molecule has 0 heterocycles. The third kappa shape index (κ3) is 2.82. The Labute approximate surface area is 105 Å². The standard InChI is InChI=1S/C6H5IO7S2/c7-4-1-3(15(9,10)11)2-5(6(4)8)16(12,13)14/h1-2,8H,(H,9,10,11)(H,12,13,14). The van der Waals surface area contributed by atoms with E-state index in [0.29, 0.717) is 6.07 Å². The van der Waals surface area contributed by atoms with E-state index >= 15 is 0 Å². The summed E-state index contributed by atoms with van der Waals surface area (Å²) in [4.78, 5) is -1.71. The normalized spacial score (nSPS) is 12.7. The third-order valence-corrected chi connectivity index (χ3v) is 4.10. The van der Waals surface area contributed by atoms with Crippen molar-refractivity contribution in [3.8, 4) is 5.75 Å². The van der Waals surface area contributed by atoms with Gasteiger partial charge in [-0.05, 0) is 34.7 Å². The molecule has 1 rings (SSSR count). The van der Waals surface area contributed by atoms with Crippen molar-refractivity contribution in [1.29, 1.82) is 0 Å². The Bertz CT molecular complexity index is 631. The summed E-state index contributed by atoms with van der Waals surface area (Å²) in [6.45, 7) is 0. The molecular weight excluding hydrogens is 375 g/mol. The van der Waals surface area contributed by atoms with Crippen LogP contribution >= 0.6 is 22.6 Å². The average Bonchev–Trinajstić information content (AvgIpc) is 2.05. The molecule has 0 aliphatic carbocycles. The molecule has 0 spiro atoms. The Morgan fingerprint density at radius 3 is 1.88 bits per heavy atom. The lowest BCUT2D eigenvalue weighted by molar-refractivity contribution is 0.438.